The lowest BCUT2D eigenvalue weighted by molar-refractivity contribution is -0.385. The van der Waals surface area contributed by atoms with Crippen LogP contribution < -0.4 is 10.2 Å². The molecule has 0 bridgehead atoms. The highest BCUT2D eigenvalue weighted by atomic mass is 32.2. The number of hydrogen-bond acceptors (Lipinski definition) is 6. The van der Waals surface area contributed by atoms with E-state index in [-0.39, 0.29) is 21.9 Å². The molecule has 2 N–H and O–H groups in total. The standard InChI is InChI=1S/C15H15N3O5S/c16-24(22,23)14-4-1-11(2-5-14)7-8-17-10-12-9-13(18(20)21)3-6-15(12)19/h1-6,9-10,19H,7-8H2,(H2,16,22,23)/p-1. The molecular weight excluding hydrogens is 334 g/mol. The number of sulfonamides is 1. The van der Waals surface area contributed by atoms with Crippen LogP contribution in [0.3, 0.4) is 0 Å². The van der Waals surface area contributed by atoms with Crippen molar-refractivity contribution < 1.29 is 18.4 Å². The molecule has 0 heterocycles. The van der Waals surface area contributed by atoms with E-state index in [0.717, 1.165) is 17.7 Å². The molecule has 0 spiro atoms. The predicted molar refractivity (Wildman–Crippen MR) is 86.5 cm³/mol. The van der Waals surface area contributed by atoms with Gasteiger partial charge in [-0.2, -0.15) is 0 Å². The van der Waals surface area contributed by atoms with Crippen LogP contribution in [-0.2, 0) is 16.4 Å². The Labute approximate surface area is 138 Å². The normalized spacial score (nSPS) is 11.7. The van der Waals surface area contributed by atoms with Crippen molar-refractivity contribution in [3.8, 4) is 5.75 Å². The van der Waals surface area contributed by atoms with Crippen molar-refractivity contribution in [1.82, 2.24) is 0 Å². The lowest BCUT2D eigenvalue weighted by Gasteiger charge is -2.08. The van der Waals surface area contributed by atoms with Crippen LogP contribution in [0.2, 0.25) is 0 Å². The van der Waals surface area contributed by atoms with Crippen molar-refractivity contribution in [2.75, 3.05) is 6.54 Å². The number of nitrogens with zero attached hydrogens (tertiary/aromatic N) is 2. The number of benzene rings is 2. The Hall–Kier alpha value is -2.78. The molecule has 2 aromatic rings. The van der Waals surface area contributed by atoms with E-state index in [1.165, 1.54) is 24.4 Å². The zero-order valence-corrected chi connectivity index (χ0v) is 13.3. The van der Waals surface area contributed by atoms with Crippen LogP contribution >= 0.6 is 0 Å². The van der Waals surface area contributed by atoms with Crippen molar-refractivity contribution in [2.24, 2.45) is 10.1 Å². The molecule has 0 saturated carbocycles. The first-order valence-corrected chi connectivity index (χ1v) is 8.39. The Bertz CT molecular complexity index is 876. The number of hydrogen-bond donors (Lipinski definition) is 1. The molecule has 2 rings (SSSR count). The summed E-state index contributed by atoms with van der Waals surface area (Å²) < 4.78 is 22.3. The summed E-state index contributed by atoms with van der Waals surface area (Å²) >= 11 is 0. The third kappa shape index (κ3) is 4.61. The number of rotatable bonds is 6. The summed E-state index contributed by atoms with van der Waals surface area (Å²) in [6, 6.07) is 9.52. The monoisotopic (exact) mass is 348 g/mol. The molecule has 0 fully saturated rings. The van der Waals surface area contributed by atoms with Gasteiger partial charge in [-0.15, -0.1) is 0 Å². The summed E-state index contributed by atoms with van der Waals surface area (Å²) in [5.41, 5.74) is 0.823. The first-order chi connectivity index (χ1) is 11.3. The Kier molecular flexibility index (Phi) is 5.27. The first kappa shape index (κ1) is 17.6. The maximum absolute atomic E-state index is 11.6. The van der Waals surface area contributed by atoms with Gasteiger partial charge in [-0.3, -0.25) is 15.1 Å². The van der Waals surface area contributed by atoms with E-state index in [1.807, 2.05) is 0 Å². The van der Waals surface area contributed by atoms with Crippen molar-refractivity contribution in [3.05, 3.63) is 63.7 Å². The molecule has 8 nitrogen and oxygen atoms in total. The Morgan fingerprint density at radius 3 is 2.42 bits per heavy atom. The zero-order valence-electron chi connectivity index (χ0n) is 12.5. The molecular formula is C15H14N3O5S-. The van der Waals surface area contributed by atoms with Crippen LogP contribution in [0.1, 0.15) is 11.1 Å². The Balaban J connectivity index is 2.00. The van der Waals surface area contributed by atoms with E-state index in [2.05, 4.69) is 4.99 Å². The fourth-order valence-electron chi connectivity index (χ4n) is 1.95. The SMILES string of the molecule is NS(=O)(=O)c1ccc(CCN=Cc2cc([N+](=O)[O-])ccc2[O-])cc1. The van der Waals surface area contributed by atoms with Gasteiger partial charge in [0.25, 0.3) is 5.69 Å². The van der Waals surface area contributed by atoms with E-state index < -0.39 is 14.9 Å². The average molecular weight is 348 g/mol. The largest absolute Gasteiger partial charge is 0.872 e. The molecule has 126 valence electrons. The molecule has 0 saturated heterocycles. The van der Waals surface area contributed by atoms with Gasteiger partial charge < -0.3 is 5.11 Å². The van der Waals surface area contributed by atoms with Gasteiger partial charge >= 0.3 is 0 Å². The maximum atomic E-state index is 11.6. The summed E-state index contributed by atoms with van der Waals surface area (Å²) in [6.07, 6.45) is 1.82. The van der Waals surface area contributed by atoms with Gasteiger partial charge in [-0.25, -0.2) is 13.6 Å². The highest BCUT2D eigenvalue weighted by Gasteiger charge is 2.07. The number of aliphatic imine (C=N–C) groups is 1. The summed E-state index contributed by atoms with van der Waals surface area (Å²) in [6.45, 7) is 0.344. The van der Waals surface area contributed by atoms with Gasteiger partial charge in [0, 0.05) is 24.9 Å². The first-order valence-electron chi connectivity index (χ1n) is 6.84. The van der Waals surface area contributed by atoms with Crippen LogP contribution in [0.5, 0.6) is 5.75 Å². The number of nitro groups is 1. The summed E-state index contributed by atoms with van der Waals surface area (Å²) in [4.78, 5) is 14.2. The summed E-state index contributed by atoms with van der Waals surface area (Å²) in [5.74, 6) is -0.346. The quantitative estimate of drug-likeness (QED) is 0.471. The van der Waals surface area contributed by atoms with Crippen LogP contribution in [-0.4, -0.2) is 26.1 Å². The minimum Gasteiger partial charge on any atom is -0.872 e. The number of nitrogens with two attached hydrogens (primary N) is 1. The van der Waals surface area contributed by atoms with E-state index in [0.29, 0.717) is 13.0 Å². The van der Waals surface area contributed by atoms with E-state index >= 15 is 0 Å². The van der Waals surface area contributed by atoms with Gasteiger partial charge in [-0.05, 0) is 29.7 Å². The third-order valence-electron chi connectivity index (χ3n) is 3.22. The van der Waals surface area contributed by atoms with Crippen LogP contribution in [0.15, 0.2) is 52.4 Å². The van der Waals surface area contributed by atoms with E-state index in [1.54, 1.807) is 12.1 Å². The Morgan fingerprint density at radius 2 is 1.83 bits per heavy atom. The van der Waals surface area contributed by atoms with Crippen LogP contribution in [0.25, 0.3) is 0 Å². The lowest BCUT2D eigenvalue weighted by Crippen LogP contribution is -2.11. The lowest BCUT2D eigenvalue weighted by atomic mass is 10.1. The second-order valence-corrected chi connectivity index (χ2v) is 6.51. The highest BCUT2D eigenvalue weighted by molar-refractivity contribution is 7.89. The molecule has 0 aliphatic carbocycles. The van der Waals surface area contributed by atoms with Gasteiger partial charge in [0.2, 0.25) is 10.0 Å². The number of nitro benzene ring substituents is 1. The zero-order chi connectivity index (χ0) is 17.7. The van der Waals surface area contributed by atoms with Gasteiger partial charge in [-0.1, -0.05) is 23.9 Å². The minimum absolute atomic E-state index is 0.0299. The summed E-state index contributed by atoms with van der Waals surface area (Å²) in [5, 5.41) is 27.3. The minimum atomic E-state index is -3.72. The fourth-order valence-corrected chi connectivity index (χ4v) is 2.47. The molecule has 24 heavy (non-hydrogen) atoms. The topological polar surface area (TPSA) is 139 Å². The summed E-state index contributed by atoms with van der Waals surface area (Å²) in [7, 11) is -3.72. The van der Waals surface area contributed by atoms with Crippen LogP contribution in [0, 0.1) is 10.1 Å². The van der Waals surface area contributed by atoms with E-state index in [9.17, 15) is 23.6 Å². The van der Waals surface area contributed by atoms with Gasteiger partial charge in [0.15, 0.2) is 0 Å². The Morgan fingerprint density at radius 1 is 1.17 bits per heavy atom. The van der Waals surface area contributed by atoms with Crippen molar-refractivity contribution in [1.29, 1.82) is 0 Å². The molecule has 0 aliphatic rings. The molecule has 0 unspecified atom stereocenters. The molecule has 0 radical (unpaired) electrons. The second-order valence-electron chi connectivity index (χ2n) is 4.95. The highest BCUT2D eigenvalue weighted by Crippen LogP contribution is 2.19. The molecule has 0 aliphatic heterocycles. The average Bonchev–Trinajstić information content (AvgIpc) is 2.52. The second kappa shape index (κ2) is 7.20. The van der Waals surface area contributed by atoms with Crippen molar-refractivity contribution >= 4 is 21.9 Å². The van der Waals surface area contributed by atoms with Crippen molar-refractivity contribution in [3.63, 3.8) is 0 Å². The molecule has 0 aromatic heterocycles. The third-order valence-corrected chi connectivity index (χ3v) is 4.15. The molecule has 0 atom stereocenters. The van der Waals surface area contributed by atoms with E-state index in [4.69, 9.17) is 5.14 Å². The van der Waals surface area contributed by atoms with Gasteiger partial charge in [0.1, 0.15) is 0 Å². The van der Waals surface area contributed by atoms with Gasteiger partial charge in [0.05, 0.1) is 9.82 Å². The molecule has 9 heteroatoms. The number of primary sulfonamides is 1. The number of non-ortho nitro benzene ring substituents is 1. The van der Waals surface area contributed by atoms with Crippen molar-refractivity contribution in [2.45, 2.75) is 11.3 Å². The fraction of sp³-hybridized carbons (Fsp3) is 0.133. The smallest absolute Gasteiger partial charge is 0.270 e. The van der Waals surface area contributed by atoms with Crippen LogP contribution in [0.4, 0.5) is 5.69 Å². The molecule has 0 amide bonds. The maximum Gasteiger partial charge on any atom is 0.270 e. The molecule has 2 aromatic carbocycles. The predicted octanol–water partition coefficient (Wildman–Crippen LogP) is 0.977.